The number of aryl methyl sites for hydroxylation is 1. The van der Waals surface area contributed by atoms with Crippen LogP contribution in [0.2, 0.25) is 10.2 Å². The van der Waals surface area contributed by atoms with Gasteiger partial charge in [-0.2, -0.15) is 4.98 Å². The van der Waals surface area contributed by atoms with E-state index in [9.17, 15) is 4.79 Å². The number of hydrogen-bond donors (Lipinski definition) is 1. The van der Waals surface area contributed by atoms with Crippen molar-refractivity contribution < 1.29 is 14.6 Å². The topological polar surface area (TPSA) is 59.4 Å². The molecule has 0 bridgehead atoms. The molecule has 1 aromatic carbocycles. The van der Waals surface area contributed by atoms with Gasteiger partial charge in [-0.3, -0.25) is 0 Å². The van der Waals surface area contributed by atoms with E-state index in [2.05, 4.69) is 4.98 Å². The number of halogens is 2. The molecule has 0 saturated carbocycles. The van der Waals surface area contributed by atoms with Crippen molar-refractivity contribution in [3.05, 3.63) is 38.8 Å². The van der Waals surface area contributed by atoms with Crippen LogP contribution in [0, 0.1) is 6.92 Å². The minimum Gasteiger partial charge on any atom is -0.477 e. The summed E-state index contributed by atoms with van der Waals surface area (Å²) in [6.07, 6.45) is 0. The monoisotopic (exact) mass is 303 g/mol. The van der Waals surface area contributed by atoms with Crippen LogP contribution >= 0.6 is 34.5 Å². The van der Waals surface area contributed by atoms with Gasteiger partial charge in [0.2, 0.25) is 0 Å². The number of aromatic carboxylic acids is 1. The first kappa shape index (κ1) is 13.1. The molecule has 0 amide bonds. The van der Waals surface area contributed by atoms with Crippen molar-refractivity contribution in [1.29, 1.82) is 0 Å². The molecule has 0 aliphatic carbocycles. The van der Waals surface area contributed by atoms with Crippen molar-refractivity contribution >= 4 is 40.5 Å². The predicted molar refractivity (Wildman–Crippen MR) is 70.3 cm³/mol. The van der Waals surface area contributed by atoms with Gasteiger partial charge in [0, 0.05) is 0 Å². The molecule has 18 heavy (non-hydrogen) atoms. The standard InChI is InChI=1S/C11H7Cl2NO3S/c1-5-2-3-7(6(12)4-5)17-11-14-9(13)8(18-11)10(15)16/h2-4H,1H3,(H,15,16). The maximum Gasteiger partial charge on any atom is 0.349 e. The second kappa shape index (κ2) is 5.14. The zero-order valence-electron chi connectivity index (χ0n) is 9.11. The van der Waals surface area contributed by atoms with E-state index < -0.39 is 5.97 Å². The Balaban J connectivity index is 2.29. The summed E-state index contributed by atoms with van der Waals surface area (Å²) in [5.74, 6) is -0.730. The number of aromatic nitrogens is 1. The number of nitrogens with zero attached hydrogens (tertiary/aromatic N) is 1. The predicted octanol–water partition coefficient (Wildman–Crippen LogP) is 4.25. The molecule has 0 saturated heterocycles. The molecule has 2 rings (SSSR count). The third-order valence-corrected chi connectivity index (χ3v) is 3.65. The van der Waals surface area contributed by atoms with E-state index in [0.29, 0.717) is 10.8 Å². The lowest BCUT2D eigenvalue weighted by Crippen LogP contribution is -1.91. The van der Waals surface area contributed by atoms with Gasteiger partial charge in [-0.1, -0.05) is 40.6 Å². The molecular formula is C11H7Cl2NO3S. The fraction of sp³-hybridized carbons (Fsp3) is 0.0909. The first-order valence-electron chi connectivity index (χ1n) is 4.81. The second-order valence-electron chi connectivity index (χ2n) is 3.44. The van der Waals surface area contributed by atoms with Gasteiger partial charge in [0.15, 0.2) is 10.0 Å². The highest BCUT2D eigenvalue weighted by Gasteiger charge is 2.17. The zero-order chi connectivity index (χ0) is 13.3. The van der Waals surface area contributed by atoms with Gasteiger partial charge in [0.05, 0.1) is 5.02 Å². The van der Waals surface area contributed by atoms with E-state index in [1.807, 2.05) is 13.0 Å². The molecule has 7 heteroatoms. The van der Waals surface area contributed by atoms with E-state index in [-0.39, 0.29) is 15.2 Å². The van der Waals surface area contributed by atoms with Gasteiger partial charge >= 0.3 is 5.97 Å². The third-order valence-electron chi connectivity index (χ3n) is 2.05. The number of hydrogen-bond acceptors (Lipinski definition) is 4. The molecule has 0 fully saturated rings. The van der Waals surface area contributed by atoms with Crippen molar-refractivity contribution in [3.8, 4) is 10.9 Å². The van der Waals surface area contributed by atoms with Crippen LogP contribution in [0.25, 0.3) is 0 Å². The number of carbonyl (C=O) groups is 1. The average molecular weight is 304 g/mol. The minimum atomic E-state index is -1.14. The van der Waals surface area contributed by atoms with Gasteiger partial charge in [0.25, 0.3) is 5.19 Å². The van der Waals surface area contributed by atoms with Gasteiger partial charge in [0.1, 0.15) is 5.75 Å². The molecule has 0 unspecified atom stereocenters. The molecule has 0 aliphatic rings. The summed E-state index contributed by atoms with van der Waals surface area (Å²) in [7, 11) is 0. The Morgan fingerprint density at radius 3 is 2.72 bits per heavy atom. The second-order valence-corrected chi connectivity index (χ2v) is 5.17. The zero-order valence-corrected chi connectivity index (χ0v) is 11.4. The Morgan fingerprint density at radius 1 is 1.44 bits per heavy atom. The lowest BCUT2D eigenvalue weighted by molar-refractivity contribution is 0.0702. The first-order chi connectivity index (χ1) is 8.47. The Labute approximate surface area is 117 Å². The lowest BCUT2D eigenvalue weighted by atomic mass is 10.2. The number of benzene rings is 1. The first-order valence-corrected chi connectivity index (χ1v) is 6.38. The molecule has 1 heterocycles. The highest BCUT2D eigenvalue weighted by Crippen LogP contribution is 2.35. The Bertz CT molecular complexity index is 612. The van der Waals surface area contributed by atoms with E-state index in [0.717, 1.165) is 16.9 Å². The average Bonchev–Trinajstić information content (AvgIpc) is 2.64. The summed E-state index contributed by atoms with van der Waals surface area (Å²) >= 11 is 12.5. The van der Waals surface area contributed by atoms with Crippen molar-refractivity contribution in [3.63, 3.8) is 0 Å². The Kier molecular flexibility index (Phi) is 3.75. The van der Waals surface area contributed by atoms with Gasteiger partial charge in [-0.15, -0.1) is 0 Å². The maximum absolute atomic E-state index is 10.8. The third kappa shape index (κ3) is 2.75. The molecule has 1 aromatic heterocycles. The highest BCUT2D eigenvalue weighted by molar-refractivity contribution is 7.15. The summed E-state index contributed by atoms with van der Waals surface area (Å²) in [5, 5.41) is 9.32. The van der Waals surface area contributed by atoms with Crippen LogP contribution in [-0.4, -0.2) is 16.1 Å². The van der Waals surface area contributed by atoms with E-state index >= 15 is 0 Å². The fourth-order valence-electron chi connectivity index (χ4n) is 1.24. The molecule has 0 atom stereocenters. The summed E-state index contributed by atoms with van der Waals surface area (Å²) in [6, 6.07) is 5.26. The largest absolute Gasteiger partial charge is 0.477 e. The molecule has 94 valence electrons. The van der Waals surface area contributed by atoms with Gasteiger partial charge < -0.3 is 9.84 Å². The van der Waals surface area contributed by atoms with Crippen molar-refractivity contribution in [2.24, 2.45) is 0 Å². The summed E-state index contributed by atoms with van der Waals surface area (Å²) in [6.45, 7) is 1.90. The van der Waals surface area contributed by atoms with Crippen molar-refractivity contribution in [2.75, 3.05) is 0 Å². The van der Waals surface area contributed by atoms with E-state index in [1.165, 1.54) is 0 Å². The van der Waals surface area contributed by atoms with E-state index in [1.54, 1.807) is 12.1 Å². The minimum absolute atomic E-state index is 0.0603. The van der Waals surface area contributed by atoms with Crippen LogP contribution in [0.3, 0.4) is 0 Å². The lowest BCUT2D eigenvalue weighted by Gasteiger charge is -2.04. The SMILES string of the molecule is Cc1ccc(Oc2nc(Cl)c(C(=O)O)s2)c(Cl)c1. The normalized spacial score (nSPS) is 10.4. The van der Waals surface area contributed by atoms with Crippen molar-refractivity contribution in [1.82, 2.24) is 4.98 Å². The Morgan fingerprint density at radius 2 is 2.17 bits per heavy atom. The van der Waals surface area contributed by atoms with Crippen LogP contribution in [0.1, 0.15) is 15.2 Å². The number of rotatable bonds is 3. The van der Waals surface area contributed by atoms with Gasteiger partial charge in [-0.25, -0.2) is 4.79 Å². The van der Waals surface area contributed by atoms with E-state index in [4.69, 9.17) is 33.0 Å². The van der Waals surface area contributed by atoms with Crippen molar-refractivity contribution in [2.45, 2.75) is 6.92 Å². The molecule has 4 nitrogen and oxygen atoms in total. The quantitative estimate of drug-likeness (QED) is 0.921. The van der Waals surface area contributed by atoms with Crippen LogP contribution in [-0.2, 0) is 0 Å². The number of carboxylic acid groups (broad SMARTS) is 1. The van der Waals surface area contributed by atoms with Crippen LogP contribution in [0.5, 0.6) is 10.9 Å². The van der Waals surface area contributed by atoms with Crippen LogP contribution in [0.4, 0.5) is 0 Å². The smallest absolute Gasteiger partial charge is 0.349 e. The van der Waals surface area contributed by atoms with Gasteiger partial charge in [-0.05, 0) is 24.6 Å². The molecular weight excluding hydrogens is 297 g/mol. The molecule has 2 aromatic rings. The summed E-state index contributed by atoms with van der Waals surface area (Å²) < 4.78 is 5.40. The number of ether oxygens (including phenoxy) is 1. The maximum atomic E-state index is 10.8. The molecule has 1 N–H and O–H groups in total. The van der Waals surface area contributed by atoms with Crippen LogP contribution in [0.15, 0.2) is 18.2 Å². The highest BCUT2D eigenvalue weighted by atomic mass is 35.5. The molecule has 0 radical (unpaired) electrons. The summed E-state index contributed by atoms with van der Waals surface area (Å²) in [5.41, 5.74) is 0.996. The molecule has 0 spiro atoms. The number of thiazole rings is 1. The van der Waals surface area contributed by atoms with Crippen LogP contribution < -0.4 is 4.74 Å². The Hall–Kier alpha value is -1.30. The summed E-state index contributed by atoms with van der Waals surface area (Å²) in [4.78, 5) is 14.6. The fourth-order valence-corrected chi connectivity index (χ4v) is 2.50. The number of carboxylic acids is 1. The molecule has 0 aliphatic heterocycles.